The van der Waals surface area contributed by atoms with Crippen LogP contribution < -0.4 is 10.4 Å². The second-order valence-corrected chi connectivity index (χ2v) is 5.76. The summed E-state index contributed by atoms with van der Waals surface area (Å²) in [6.07, 6.45) is 3.39. The van der Waals surface area contributed by atoms with Crippen LogP contribution >= 0.6 is 0 Å². The predicted molar refractivity (Wildman–Crippen MR) is 93.2 cm³/mol. The molecule has 2 rings (SSSR count). The van der Waals surface area contributed by atoms with Gasteiger partial charge in [-0.15, -0.1) is 0 Å². The highest BCUT2D eigenvalue weighted by molar-refractivity contribution is 5.77. The van der Waals surface area contributed by atoms with Crippen LogP contribution in [0.25, 0.3) is 11.0 Å². The normalized spacial score (nSPS) is 14.0. The molecule has 2 N–H and O–H groups in total. The van der Waals surface area contributed by atoms with Crippen molar-refractivity contribution in [2.24, 2.45) is 0 Å². The third-order valence-corrected chi connectivity index (χ3v) is 3.53. The molecule has 2 aromatic rings. The molecular weight excluding hydrogens is 308 g/mol. The highest BCUT2D eigenvalue weighted by Crippen LogP contribution is 2.19. The number of benzene rings is 1. The SMILES string of the molecule is CC(=C[C@H](O)CC(C)=CCOc1ccc2ccc(=O)oc2c1)CO. The standard InChI is InChI=1S/C19H22O5/c1-13(9-16(21)10-14(2)12-20)7-8-23-17-5-3-15-4-6-19(22)24-18(15)11-17/h3-7,10-11,16,20-21H,8-9,12H2,1-2H3/t16-/m1/s1. The average molecular weight is 330 g/mol. The molecule has 0 unspecified atom stereocenters. The fraction of sp³-hybridized carbons (Fsp3) is 0.316. The van der Waals surface area contributed by atoms with E-state index < -0.39 is 11.7 Å². The summed E-state index contributed by atoms with van der Waals surface area (Å²) in [6.45, 7) is 3.97. The molecule has 0 spiro atoms. The first kappa shape index (κ1) is 18.0. The van der Waals surface area contributed by atoms with Gasteiger partial charge in [0.15, 0.2) is 0 Å². The Morgan fingerprint density at radius 2 is 2.00 bits per heavy atom. The van der Waals surface area contributed by atoms with E-state index in [1.54, 1.807) is 25.1 Å². The van der Waals surface area contributed by atoms with E-state index in [0.29, 0.717) is 24.4 Å². The largest absolute Gasteiger partial charge is 0.489 e. The Labute approximate surface area is 140 Å². The topological polar surface area (TPSA) is 79.9 Å². The molecular formula is C19H22O5. The van der Waals surface area contributed by atoms with E-state index in [4.69, 9.17) is 14.3 Å². The highest BCUT2D eigenvalue weighted by atomic mass is 16.5. The van der Waals surface area contributed by atoms with Crippen LogP contribution in [0.2, 0.25) is 0 Å². The first-order chi connectivity index (χ1) is 11.5. The minimum Gasteiger partial charge on any atom is -0.489 e. The molecule has 0 fully saturated rings. The molecule has 0 aliphatic heterocycles. The number of hydrogen-bond acceptors (Lipinski definition) is 5. The summed E-state index contributed by atoms with van der Waals surface area (Å²) in [7, 11) is 0. The van der Waals surface area contributed by atoms with Crippen molar-refractivity contribution in [1.29, 1.82) is 0 Å². The summed E-state index contributed by atoms with van der Waals surface area (Å²) in [4.78, 5) is 11.2. The minimum absolute atomic E-state index is 0.0545. The van der Waals surface area contributed by atoms with Gasteiger partial charge in [0.1, 0.15) is 17.9 Å². The zero-order valence-electron chi connectivity index (χ0n) is 13.9. The van der Waals surface area contributed by atoms with E-state index in [1.807, 2.05) is 25.1 Å². The van der Waals surface area contributed by atoms with Crippen molar-refractivity contribution in [2.75, 3.05) is 13.2 Å². The van der Waals surface area contributed by atoms with Crippen LogP contribution in [-0.4, -0.2) is 29.5 Å². The third-order valence-electron chi connectivity index (χ3n) is 3.53. The van der Waals surface area contributed by atoms with Crippen molar-refractivity contribution < 1.29 is 19.4 Å². The van der Waals surface area contributed by atoms with Crippen molar-refractivity contribution in [3.05, 3.63) is 64.1 Å². The van der Waals surface area contributed by atoms with E-state index in [0.717, 1.165) is 16.5 Å². The average Bonchev–Trinajstić information content (AvgIpc) is 2.54. The van der Waals surface area contributed by atoms with Crippen molar-refractivity contribution in [3.63, 3.8) is 0 Å². The van der Waals surface area contributed by atoms with Crippen molar-refractivity contribution in [3.8, 4) is 5.75 Å². The smallest absolute Gasteiger partial charge is 0.336 e. The maximum absolute atomic E-state index is 11.2. The molecule has 1 aromatic heterocycles. The summed E-state index contributed by atoms with van der Waals surface area (Å²) in [5.41, 5.74) is 1.82. The lowest BCUT2D eigenvalue weighted by atomic mass is 10.1. The van der Waals surface area contributed by atoms with Crippen molar-refractivity contribution in [2.45, 2.75) is 26.4 Å². The van der Waals surface area contributed by atoms with E-state index in [-0.39, 0.29) is 6.61 Å². The molecule has 128 valence electrons. The van der Waals surface area contributed by atoms with Gasteiger partial charge in [0.2, 0.25) is 0 Å². The number of hydrogen-bond donors (Lipinski definition) is 2. The highest BCUT2D eigenvalue weighted by Gasteiger charge is 2.03. The van der Waals surface area contributed by atoms with Crippen LogP contribution in [-0.2, 0) is 0 Å². The lowest BCUT2D eigenvalue weighted by molar-refractivity contribution is 0.220. The number of aliphatic hydroxyl groups is 2. The monoisotopic (exact) mass is 330 g/mol. The first-order valence-corrected chi connectivity index (χ1v) is 7.76. The molecule has 0 saturated carbocycles. The molecule has 0 aliphatic carbocycles. The van der Waals surface area contributed by atoms with Gasteiger partial charge in [-0.05, 0) is 50.1 Å². The summed E-state index contributed by atoms with van der Waals surface area (Å²) in [6, 6.07) is 8.41. The summed E-state index contributed by atoms with van der Waals surface area (Å²) in [5.74, 6) is 0.609. The zero-order valence-corrected chi connectivity index (χ0v) is 13.9. The Morgan fingerprint density at radius 3 is 2.75 bits per heavy atom. The van der Waals surface area contributed by atoms with Gasteiger partial charge >= 0.3 is 5.63 Å². The zero-order chi connectivity index (χ0) is 17.5. The second kappa shape index (κ2) is 8.47. The van der Waals surface area contributed by atoms with Crippen LogP contribution in [0.4, 0.5) is 0 Å². The van der Waals surface area contributed by atoms with Crippen LogP contribution in [0.3, 0.4) is 0 Å². The van der Waals surface area contributed by atoms with E-state index in [9.17, 15) is 9.90 Å². The first-order valence-electron chi connectivity index (χ1n) is 7.76. The minimum atomic E-state index is -0.622. The molecule has 5 heteroatoms. The molecule has 0 amide bonds. The van der Waals surface area contributed by atoms with Crippen LogP contribution in [0.1, 0.15) is 20.3 Å². The fourth-order valence-electron chi connectivity index (χ4n) is 2.26. The van der Waals surface area contributed by atoms with Gasteiger partial charge in [0, 0.05) is 17.5 Å². The molecule has 1 heterocycles. The third kappa shape index (κ3) is 5.37. The summed E-state index contributed by atoms with van der Waals surface area (Å²) in [5, 5.41) is 19.6. The molecule has 1 atom stereocenters. The number of rotatable bonds is 7. The summed E-state index contributed by atoms with van der Waals surface area (Å²) >= 11 is 0. The molecule has 0 aliphatic rings. The summed E-state index contributed by atoms with van der Waals surface area (Å²) < 4.78 is 10.8. The Hall–Kier alpha value is -2.37. The van der Waals surface area contributed by atoms with Gasteiger partial charge in [-0.3, -0.25) is 0 Å². The fourth-order valence-corrected chi connectivity index (χ4v) is 2.26. The van der Waals surface area contributed by atoms with Gasteiger partial charge in [-0.1, -0.05) is 11.6 Å². The van der Waals surface area contributed by atoms with Gasteiger partial charge in [0.25, 0.3) is 0 Å². The predicted octanol–water partition coefficient (Wildman–Crippen LogP) is 2.81. The molecule has 0 radical (unpaired) electrons. The van der Waals surface area contributed by atoms with E-state index >= 15 is 0 Å². The van der Waals surface area contributed by atoms with Gasteiger partial charge in [-0.25, -0.2) is 4.79 Å². The molecule has 0 bridgehead atoms. The quantitative estimate of drug-likeness (QED) is 0.603. The Kier molecular flexibility index (Phi) is 6.35. The van der Waals surface area contributed by atoms with Crippen LogP contribution in [0, 0.1) is 0 Å². The van der Waals surface area contributed by atoms with Crippen LogP contribution in [0.15, 0.2) is 62.8 Å². The van der Waals surface area contributed by atoms with Crippen molar-refractivity contribution in [1.82, 2.24) is 0 Å². The maximum Gasteiger partial charge on any atom is 0.336 e. The maximum atomic E-state index is 11.2. The molecule has 5 nitrogen and oxygen atoms in total. The van der Waals surface area contributed by atoms with E-state index in [1.165, 1.54) is 6.07 Å². The van der Waals surface area contributed by atoms with Crippen molar-refractivity contribution >= 4 is 11.0 Å². The Balaban J connectivity index is 1.94. The van der Waals surface area contributed by atoms with Gasteiger partial charge < -0.3 is 19.4 Å². The number of aliphatic hydroxyl groups excluding tert-OH is 2. The second-order valence-electron chi connectivity index (χ2n) is 5.76. The number of fused-ring (bicyclic) bond motifs is 1. The lowest BCUT2D eigenvalue weighted by Gasteiger charge is -2.09. The van der Waals surface area contributed by atoms with E-state index in [2.05, 4.69) is 0 Å². The van der Waals surface area contributed by atoms with Gasteiger partial charge in [0.05, 0.1) is 12.7 Å². The molecule has 1 aromatic carbocycles. The number of ether oxygens (including phenoxy) is 1. The lowest BCUT2D eigenvalue weighted by Crippen LogP contribution is -2.05. The molecule has 24 heavy (non-hydrogen) atoms. The molecule has 0 saturated heterocycles. The Bertz CT molecular complexity index is 801. The van der Waals surface area contributed by atoms with Gasteiger partial charge in [-0.2, -0.15) is 0 Å². The Morgan fingerprint density at radius 1 is 1.25 bits per heavy atom. The van der Waals surface area contributed by atoms with Crippen LogP contribution in [0.5, 0.6) is 5.75 Å².